The van der Waals surface area contributed by atoms with Crippen LogP contribution in [0.15, 0.2) is 36.5 Å². The van der Waals surface area contributed by atoms with Crippen molar-refractivity contribution in [2.45, 2.75) is 13.8 Å². The molecular weight excluding hydrogens is 250 g/mol. The van der Waals surface area contributed by atoms with Crippen molar-refractivity contribution < 1.29 is 4.79 Å². The van der Waals surface area contributed by atoms with Gasteiger partial charge in [-0.2, -0.15) is 0 Å². The average Bonchev–Trinajstić information content (AvgIpc) is 2.49. The number of aromatic nitrogens is 2. The summed E-state index contributed by atoms with van der Waals surface area (Å²) in [5, 5.41) is 2.53. The third-order valence-corrected chi connectivity index (χ3v) is 3.02. The van der Waals surface area contributed by atoms with Crippen LogP contribution in [0.25, 0.3) is 11.6 Å². The lowest BCUT2D eigenvalue weighted by Crippen LogP contribution is -2.21. The number of nitrogens with zero attached hydrogens (tertiary/aromatic N) is 2. The summed E-state index contributed by atoms with van der Waals surface area (Å²) in [5.74, 6) is -0.0952. The van der Waals surface area contributed by atoms with Crippen molar-refractivity contribution in [1.82, 2.24) is 15.3 Å². The van der Waals surface area contributed by atoms with Gasteiger partial charge in [0.2, 0.25) is 5.82 Å². The summed E-state index contributed by atoms with van der Waals surface area (Å²) < 4.78 is 0. The van der Waals surface area contributed by atoms with Gasteiger partial charge in [0.1, 0.15) is 0 Å². The van der Waals surface area contributed by atoms with E-state index in [9.17, 15) is 4.79 Å². The van der Waals surface area contributed by atoms with E-state index in [1.54, 1.807) is 13.2 Å². The Bertz CT molecular complexity index is 648. The van der Waals surface area contributed by atoms with E-state index in [4.69, 9.17) is 0 Å². The molecule has 4 heteroatoms. The van der Waals surface area contributed by atoms with E-state index in [1.165, 1.54) is 0 Å². The molecule has 0 radical (unpaired) electrons. The molecule has 2 aromatic rings. The van der Waals surface area contributed by atoms with Crippen molar-refractivity contribution >= 4 is 17.6 Å². The van der Waals surface area contributed by atoms with Crippen molar-refractivity contribution in [2.24, 2.45) is 0 Å². The monoisotopic (exact) mass is 267 g/mol. The predicted octanol–water partition coefficient (Wildman–Crippen LogP) is 2.71. The van der Waals surface area contributed by atoms with Gasteiger partial charge in [-0.15, -0.1) is 0 Å². The van der Waals surface area contributed by atoms with Crippen molar-refractivity contribution in [1.29, 1.82) is 0 Å². The molecule has 0 aliphatic carbocycles. The third-order valence-electron chi connectivity index (χ3n) is 3.02. The first-order valence-corrected chi connectivity index (χ1v) is 6.41. The fraction of sp³-hybridized carbons (Fsp3) is 0.188. The lowest BCUT2D eigenvalue weighted by atomic mass is 10.1. The van der Waals surface area contributed by atoms with Crippen LogP contribution in [0.2, 0.25) is 0 Å². The Morgan fingerprint density at radius 2 is 1.95 bits per heavy atom. The summed E-state index contributed by atoms with van der Waals surface area (Å²) >= 11 is 0. The van der Waals surface area contributed by atoms with Gasteiger partial charge in [0.25, 0.3) is 5.91 Å². The number of rotatable bonds is 3. The van der Waals surface area contributed by atoms with Crippen LogP contribution < -0.4 is 5.32 Å². The van der Waals surface area contributed by atoms with Crippen molar-refractivity contribution in [3.05, 3.63) is 59.2 Å². The molecule has 1 aromatic heterocycles. The Labute approximate surface area is 118 Å². The molecular formula is C16H17N3O. The number of aryl methyl sites for hydroxylation is 1. The molecule has 102 valence electrons. The van der Waals surface area contributed by atoms with E-state index in [2.05, 4.69) is 15.3 Å². The van der Waals surface area contributed by atoms with Gasteiger partial charge in [0, 0.05) is 13.2 Å². The molecule has 4 nitrogen and oxygen atoms in total. The van der Waals surface area contributed by atoms with E-state index in [1.807, 2.05) is 50.3 Å². The summed E-state index contributed by atoms with van der Waals surface area (Å²) in [5.41, 5.74) is 3.93. The Morgan fingerprint density at radius 3 is 2.60 bits per heavy atom. The van der Waals surface area contributed by atoms with Crippen LogP contribution in [0.5, 0.6) is 0 Å². The summed E-state index contributed by atoms with van der Waals surface area (Å²) in [7, 11) is 1.57. The van der Waals surface area contributed by atoms with Crippen LogP contribution in [-0.4, -0.2) is 22.9 Å². The van der Waals surface area contributed by atoms with E-state index >= 15 is 0 Å². The van der Waals surface area contributed by atoms with Crippen LogP contribution in [0.3, 0.4) is 0 Å². The Morgan fingerprint density at radius 1 is 1.25 bits per heavy atom. The van der Waals surface area contributed by atoms with Crippen molar-refractivity contribution in [3.63, 3.8) is 0 Å². The van der Waals surface area contributed by atoms with E-state index in [0.29, 0.717) is 0 Å². The second kappa shape index (κ2) is 6.10. The zero-order valence-electron chi connectivity index (χ0n) is 11.8. The van der Waals surface area contributed by atoms with Gasteiger partial charge < -0.3 is 5.32 Å². The molecule has 0 aliphatic heterocycles. The number of hydrogen-bond donors (Lipinski definition) is 1. The average molecular weight is 267 g/mol. The molecule has 20 heavy (non-hydrogen) atoms. The van der Waals surface area contributed by atoms with Crippen molar-refractivity contribution in [3.8, 4) is 0 Å². The highest BCUT2D eigenvalue weighted by atomic mass is 16.2. The van der Waals surface area contributed by atoms with Gasteiger partial charge >= 0.3 is 0 Å². The minimum atomic E-state index is -0.281. The second-order valence-electron chi connectivity index (χ2n) is 4.53. The molecule has 1 amide bonds. The van der Waals surface area contributed by atoms with Crippen LogP contribution in [-0.2, 0) is 0 Å². The number of benzene rings is 1. The molecule has 0 bridgehead atoms. The molecule has 0 fully saturated rings. The Hall–Kier alpha value is -2.49. The highest BCUT2D eigenvalue weighted by Crippen LogP contribution is 2.17. The smallest absolute Gasteiger partial charge is 0.288 e. The normalized spacial score (nSPS) is 11.2. The van der Waals surface area contributed by atoms with E-state index in [-0.39, 0.29) is 11.7 Å². The SMILES string of the molecule is CNC(=O)c1ncc(C)c(/C=C(\C)c2ccccc2)n1. The lowest BCUT2D eigenvalue weighted by molar-refractivity contribution is 0.0952. The zero-order chi connectivity index (χ0) is 14.5. The van der Waals surface area contributed by atoms with Gasteiger partial charge in [-0.25, -0.2) is 9.97 Å². The second-order valence-corrected chi connectivity index (χ2v) is 4.53. The number of carbonyl (C=O) groups excluding carboxylic acids is 1. The Kier molecular flexibility index (Phi) is 4.25. The molecule has 1 aromatic carbocycles. The number of allylic oxidation sites excluding steroid dienone is 1. The molecule has 2 rings (SSSR count). The zero-order valence-corrected chi connectivity index (χ0v) is 11.8. The molecule has 1 N–H and O–H groups in total. The van der Waals surface area contributed by atoms with Crippen LogP contribution >= 0.6 is 0 Å². The maximum absolute atomic E-state index is 11.6. The van der Waals surface area contributed by atoms with Gasteiger partial charge in [0.05, 0.1) is 5.69 Å². The highest BCUT2D eigenvalue weighted by molar-refractivity contribution is 5.90. The number of hydrogen-bond acceptors (Lipinski definition) is 3. The first-order chi connectivity index (χ1) is 9.61. The summed E-state index contributed by atoms with van der Waals surface area (Å²) in [6, 6.07) is 10.1. The summed E-state index contributed by atoms with van der Waals surface area (Å²) in [6.07, 6.45) is 3.64. The first kappa shape index (κ1) is 13.9. The number of carbonyl (C=O) groups is 1. The number of nitrogens with one attached hydrogen (secondary N) is 1. The van der Waals surface area contributed by atoms with E-state index in [0.717, 1.165) is 22.4 Å². The van der Waals surface area contributed by atoms with E-state index < -0.39 is 0 Å². The predicted molar refractivity (Wildman–Crippen MR) is 80.1 cm³/mol. The van der Waals surface area contributed by atoms with Gasteiger partial charge in [-0.3, -0.25) is 4.79 Å². The standard InChI is InChI=1S/C16H17N3O/c1-11(13-7-5-4-6-8-13)9-14-12(2)10-18-15(19-14)16(20)17-3/h4-10H,1-3H3,(H,17,20)/b11-9+. The minimum absolute atomic E-state index is 0.185. The maximum atomic E-state index is 11.6. The Balaban J connectivity index is 2.40. The van der Waals surface area contributed by atoms with Gasteiger partial charge in [-0.05, 0) is 36.6 Å². The molecule has 1 heterocycles. The summed E-state index contributed by atoms with van der Waals surface area (Å²) in [4.78, 5) is 19.9. The maximum Gasteiger partial charge on any atom is 0.288 e. The molecule has 0 unspecified atom stereocenters. The fourth-order valence-corrected chi connectivity index (χ4v) is 1.81. The molecule has 0 spiro atoms. The molecule has 0 atom stereocenters. The van der Waals surface area contributed by atoms with Crippen LogP contribution in [0.1, 0.15) is 34.4 Å². The van der Waals surface area contributed by atoms with Crippen molar-refractivity contribution in [2.75, 3.05) is 7.05 Å². The van der Waals surface area contributed by atoms with Crippen LogP contribution in [0.4, 0.5) is 0 Å². The largest absolute Gasteiger partial charge is 0.352 e. The third kappa shape index (κ3) is 3.09. The highest BCUT2D eigenvalue weighted by Gasteiger charge is 2.09. The first-order valence-electron chi connectivity index (χ1n) is 6.41. The van der Waals surface area contributed by atoms with Crippen LogP contribution in [0, 0.1) is 6.92 Å². The minimum Gasteiger partial charge on any atom is -0.352 e. The lowest BCUT2D eigenvalue weighted by Gasteiger charge is -2.05. The fourth-order valence-electron chi connectivity index (χ4n) is 1.81. The quantitative estimate of drug-likeness (QED) is 0.930. The molecule has 0 aliphatic rings. The number of amides is 1. The van der Waals surface area contributed by atoms with Gasteiger partial charge in [-0.1, -0.05) is 30.3 Å². The topological polar surface area (TPSA) is 54.9 Å². The summed E-state index contributed by atoms with van der Waals surface area (Å²) in [6.45, 7) is 3.95. The molecule has 0 saturated heterocycles. The van der Waals surface area contributed by atoms with Gasteiger partial charge in [0.15, 0.2) is 0 Å². The molecule has 0 saturated carbocycles.